The molecule has 3 aromatic rings. The zero-order valence-electron chi connectivity index (χ0n) is 15.8. The molecule has 1 aliphatic rings. The first-order valence-corrected chi connectivity index (χ1v) is 9.27. The van der Waals surface area contributed by atoms with Gasteiger partial charge in [0.2, 0.25) is 5.91 Å². The van der Waals surface area contributed by atoms with Crippen LogP contribution in [0.3, 0.4) is 0 Å². The van der Waals surface area contributed by atoms with Crippen LogP contribution in [0.15, 0.2) is 26.0 Å². The fourth-order valence-electron chi connectivity index (χ4n) is 3.93. The number of benzene rings is 1. The number of carbonyl (C=O) groups excluding carboxylic acids is 1. The van der Waals surface area contributed by atoms with Gasteiger partial charge in [0.25, 0.3) is 0 Å². The highest BCUT2D eigenvalue weighted by atomic mass is 16.5. The quantitative estimate of drug-likeness (QED) is 0.714. The van der Waals surface area contributed by atoms with Gasteiger partial charge in [-0.2, -0.15) is 0 Å². The van der Waals surface area contributed by atoms with Crippen molar-refractivity contribution < 1.29 is 18.4 Å². The minimum absolute atomic E-state index is 0.0219. The summed E-state index contributed by atoms with van der Waals surface area (Å²) in [6.45, 7) is 7.00. The molecule has 1 N–H and O–H groups in total. The van der Waals surface area contributed by atoms with Gasteiger partial charge in [-0.15, -0.1) is 0 Å². The average molecular weight is 369 g/mol. The summed E-state index contributed by atoms with van der Waals surface area (Å²) < 4.78 is 16.8. The minimum Gasteiger partial charge on any atom is -0.463 e. The Labute approximate surface area is 156 Å². The van der Waals surface area contributed by atoms with Crippen molar-refractivity contribution in [2.45, 2.75) is 46.1 Å². The third kappa shape index (κ3) is 3.14. The van der Waals surface area contributed by atoms with Crippen molar-refractivity contribution >= 4 is 27.8 Å². The fraction of sp³-hybridized carbons (Fsp3) is 0.429. The first kappa shape index (κ1) is 17.8. The summed E-state index contributed by atoms with van der Waals surface area (Å²) in [6, 6.07) is 1.86. The molecule has 0 unspecified atom stereocenters. The Kier molecular flexibility index (Phi) is 4.52. The van der Waals surface area contributed by atoms with E-state index in [-0.39, 0.29) is 18.4 Å². The molecule has 142 valence electrons. The van der Waals surface area contributed by atoms with Crippen LogP contribution in [0.5, 0.6) is 0 Å². The standard InChI is InChI=1S/C21H23NO5/c1-11-7-16-19(20-18(11)12(2)10-26-20)13(3)15(21(24)27-16)8-17(23)22-9-14-5-4-6-25-14/h7,10,14H,4-6,8-9H2,1-3H3,(H,22,23)/t14-/m0/s1. The molecular weight excluding hydrogens is 346 g/mol. The topological polar surface area (TPSA) is 81.7 Å². The lowest BCUT2D eigenvalue weighted by Gasteiger charge is -2.12. The summed E-state index contributed by atoms with van der Waals surface area (Å²) in [4.78, 5) is 24.9. The Balaban J connectivity index is 1.70. The molecule has 0 bridgehead atoms. The van der Waals surface area contributed by atoms with Gasteiger partial charge in [0, 0.05) is 18.5 Å². The second-order valence-corrected chi connectivity index (χ2v) is 7.30. The van der Waals surface area contributed by atoms with Crippen LogP contribution in [-0.2, 0) is 16.0 Å². The van der Waals surface area contributed by atoms with Gasteiger partial charge in [-0.1, -0.05) is 0 Å². The molecule has 0 spiro atoms. The van der Waals surface area contributed by atoms with Gasteiger partial charge in [0.15, 0.2) is 0 Å². The van der Waals surface area contributed by atoms with Gasteiger partial charge < -0.3 is 18.9 Å². The van der Waals surface area contributed by atoms with Crippen LogP contribution < -0.4 is 10.9 Å². The van der Waals surface area contributed by atoms with E-state index in [1.54, 1.807) is 6.26 Å². The van der Waals surface area contributed by atoms with Crippen molar-refractivity contribution in [3.05, 3.63) is 45.0 Å². The zero-order chi connectivity index (χ0) is 19.1. The number of rotatable bonds is 4. The van der Waals surface area contributed by atoms with Crippen LogP contribution >= 0.6 is 0 Å². The third-order valence-corrected chi connectivity index (χ3v) is 5.36. The molecular formula is C21H23NO5. The monoisotopic (exact) mass is 369 g/mol. The molecule has 2 aromatic heterocycles. The first-order chi connectivity index (χ1) is 13.0. The number of ether oxygens (including phenoxy) is 1. The molecule has 3 heterocycles. The van der Waals surface area contributed by atoms with Gasteiger partial charge in [0.05, 0.1) is 29.7 Å². The van der Waals surface area contributed by atoms with Crippen LogP contribution in [0, 0.1) is 20.8 Å². The molecule has 1 aliphatic heterocycles. The highest BCUT2D eigenvalue weighted by molar-refractivity contribution is 6.07. The van der Waals surface area contributed by atoms with Gasteiger partial charge >= 0.3 is 5.63 Å². The van der Waals surface area contributed by atoms with E-state index in [0.717, 1.165) is 46.9 Å². The second-order valence-electron chi connectivity index (χ2n) is 7.30. The second kappa shape index (κ2) is 6.85. The predicted molar refractivity (Wildman–Crippen MR) is 102 cm³/mol. The largest absolute Gasteiger partial charge is 0.463 e. The molecule has 1 amide bonds. The summed E-state index contributed by atoms with van der Waals surface area (Å²) in [5, 5.41) is 4.63. The van der Waals surface area contributed by atoms with Gasteiger partial charge in [-0.05, 0) is 56.4 Å². The Morgan fingerprint density at radius 3 is 2.78 bits per heavy atom. The van der Waals surface area contributed by atoms with Crippen LogP contribution in [0.4, 0.5) is 0 Å². The molecule has 0 saturated carbocycles. The number of hydrogen-bond acceptors (Lipinski definition) is 5. The molecule has 6 nitrogen and oxygen atoms in total. The average Bonchev–Trinajstić information content (AvgIpc) is 3.27. The molecule has 0 radical (unpaired) electrons. The van der Waals surface area contributed by atoms with E-state index < -0.39 is 5.63 Å². The molecule has 0 aliphatic carbocycles. The number of hydrogen-bond donors (Lipinski definition) is 1. The third-order valence-electron chi connectivity index (χ3n) is 5.36. The highest BCUT2D eigenvalue weighted by Crippen LogP contribution is 2.34. The van der Waals surface area contributed by atoms with E-state index >= 15 is 0 Å². The molecule has 6 heteroatoms. The zero-order valence-corrected chi connectivity index (χ0v) is 15.8. The van der Waals surface area contributed by atoms with Crippen molar-refractivity contribution in [2.24, 2.45) is 0 Å². The molecule has 1 fully saturated rings. The Hall–Kier alpha value is -2.60. The van der Waals surface area contributed by atoms with E-state index in [1.807, 2.05) is 26.8 Å². The van der Waals surface area contributed by atoms with E-state index in [2.05, 4.69) is 5.32 Å². The van der Waals surface area contributed by atoms with Gasteiger partial charge in [-0.3, -0.25) is 4.79 Å². The lowest BCUT2D eigenvalue weighted by molar-refractivity contribution is -0.121. The lowest BCUT2D eigenvalue weighted by atomic mass is 9.99. The normalized spacial score (nSPS) is 17.1. The lowest BCUT2D eigenvalue weighted by Crippen LogP contribution is -2.34. The number of furan rings is 1. The smallest absolute Gasteiger partial charge is 0.340 e. The van der Waals surface area contributed by atoms with E-state index in [4.69, 9.17) is 13.6 Å². The summed E-state index contributed by atoms with van der Waals surface area (Å²) in [6.07, 6.45) is 3.72. The number of nitrogens with one attached hydrogen (secondary N) is 1. The van der Waals surface area contributed by atoms with Crippen molar-refractivity contribution in [1.29, 1.82) is 0 Å². The first-order valence-electron chi connectivity index (χ1n) is 9.27. The molecule has 1 atom stereocenters. The molecule has 1 aromatic carbocycles. The number of fused-ring (bicyclic) bond motifs is 3. The number of amides is 1. The molecule has 27 heavy (non-hydrogen) atoms. The summed E-state index contributed by atoms with van der Waals surface area (Å²) >= 11 is 0. The minimum atomic E-state index is -0.478. The maximum atomic E-state index is 12.5. The predicted octanol–water partition coefficient (Wildman–Crippen LogP) is 3.30. The summed E-state index contributed by atoms with van der Waals surface area (Å²) in [5.74, 6) is -0.209. The van der Waals surface area contributed by atoms with E-state index in [0.29, 0.717) is 23.3 Å². The Morgan fingerprint density at radius 1 is 1.22 bits per heavy atom. The van der Waals surface area contributed by atoms with Crippen molar-refractivity contribution in [1.82, 2.24) is 5.32 Å². The van der Waals surface area contributed by atoms with Crippen LogP contribution in [-0.4, -0.2) is 25.2 Å². The van der Waals surface area contributed by atoms with Gasteiger partial charge in [-0.25, -0.2) is 4.79 Å². The molecule has 4 rings (SSSR count). The van der Waals surface area contributed by atoms with E-state index in [1.165, 1.54) is 0 Å². The maximum absolute atomic E-state index is 12.5. The number of aryl methyl sites for hydroxylation is 3. The number of carbonyl (C=O) groups is 1. The summed E-state index contributed by atoms with van der Waals surface area (Å²) in [7, 11) is 0. The van der Waals surface area contributed by atoms with Crippen LogP contribution in [0.1, 0.15) is 35.1 Å². The Morgan fingerprint density at radius 2 is 2.04 bits per heavy atom. The van der Waals surface area contributed by atoms with Crippen LogP contribution in [0.25, 0.3) is 21.9 Å². The highest BCUT2D eigenvalue weighted by Gasteiger charge is 2.21. The van der Waals surface area contributed by atoms with Gasteiger partial charge in [0.1, 0.15) is 11.2 Å². The van der Waals surface area contributed by atoms with Crippen molar-refractivity contribution in [2.75, 3.05) is 13.2 Å². The maximum Gasteiger partial charge on any atom is 0.340 e. The van der Waals surface area contributed by atoms with E-state index in [9.17, 15) is 9.59 Å². The SMILES string of the molecule is Cc1coc2c1c(C)cc1oc(=O)c(CC(=O)NC[C@@H]3CCCO3)c(C)c12. The van der Waals surface area contributed by atoms with Crippen molar-refractivity contribution in [3.63, 3.8) is 0 Å². The van der Waals surface area contributed by atoms with Crippen molar-refractivity contribution in [3.8, 4) is 0 Å². The fourth-order valence-corrected chi connectivity index (χ4v) is 3.93. The molecule has 1 saturated heterocycles. The van der Waals surface area contributed by atoms with Crippen LogP contribution in [0.2, 0.25) is 0 Å². The summed E-state index contributed by atoms with van der Waals surface area (Å²) in [5.41, 5.74) is 3.83. The Bertz CT molecular complexity index is 1090.